The van der Waals surface area contributed by atoms with Crippen molar-refractivity contribution in [3.05, 3.63) is 21.3 Å². The van der Waals surface area contributed by atoms with E-state index in [0.717, 1.165) is 29.9 Å². The predicted molar refractivity (Wildman–Crippen MR) is 91.1 cm³/mol. The normalized spacial score (nSPS) is 27.3. The van der Waals surface area contributed by atoms with Gasteiger partial charge >= 0.3 is 0 Å². The Morgan fingerprint density at radius 2 is 2.10 bits per heavy atom. The summed E-state index contributed by atoms with van der Waals surface area (Å²) in [4.78, 5) is 6.60. The molecule has 0 aromatic carbocycles. The van der Waals surface area contributed by atoms with E-state index in [1.54, 1.807) is 11.3 Å². The van der Waals surface area contributed by atoms with Crippen molar-refractivity contribution in [3.63, 3.8) is 0 Å². The molecule has 0 aliphatic carbocycles. The van der Waals surface area contributed by atoms with Gasteiger partial charge in [0.05, 0.1) is 10.4 Å². The van der Waals surface area contributed by atoms with Crippen LogP contribution in [0.5, 0.6) is 0 Å². The van der Waals surface area contributed by atoms with Gasteiger partial charge in [-0.3, -0.25) is 9.80 Å². The van der Waals surface area contributed by atoms with E-state index in [1.807, 2.05) is 6.07 Å². The molecule has 118 valence electrons. The second-order valence-electron chi connectivity index (χ2n) is 6.34. The average molecular weight is 328 g/mol. The van der Waals surface area contributed by atoms with Crippen molar-refractivity contribution >= 4 is 22.9 Å². The summed E-state index contributed by atoms with van der Waals surface area (Å²) >= 11 is 7.83. The second-order valence-corrected chi connectivity index (χ2v) is 8.09. The highest BCUT2D eigenvalue weighted by molar-refractivity contribution is 7.16. The Labute approximate surface area is 137 Å². The van der Waals surface area contributed by atoms with E-state index in [2.05, 4.69) is 22.8 Å². The topological polar surface area (TPSA) is 32.5 Å². The van der Waals surface area contributed by atoms with Crippen molar-refractivity contribution in [1.29, 1.82) is 0 Å². The summed E-state index contributed by atoms with van der Waals surface area (Å²) in [7, 11) is 0. The molecule has 2 saturated heterocycles. The minimum atomic E-state index is 0.192. The maximum atomic E-state index is 6.45. The molecule has 2 fully saturated rings. The quantitative estimate of drug-likeness (QED) is 0.900. The molecule has 0 bridgehead atoms. The van der Waals surface area contributed by atoms with E-state index in [0.29, 0.717) is 6.04 Å². The predicted octanol–water partition coefficient (Wildman–Crippen LogP) is 3.35. The van der Waals surface area contributed by atoms with E-state index >= 15 is 0 Å². The molecular weight excluding hydrogens is 302 g/mol. The van der Waals surface area contributed by atoms with Crippen LogP contribution in [0.1, 0.15) is 43.5 Å². The van der Waals surface area contributed by atoms with E-state index in [9.17, 15) is 0 Å². The number of thiophene rings is 1. The Hall–Kier alpha value is -0.130. The molecule has 3 heterocycles. The van der Waals surface area contributed by atoms with Gasteiger partial charge in [0.15, 0.2) is 0 Å². The minimum absolute atomic E-state index is 0.192. The monoisotopic (exact) mass is 327 g/mol. The van der Waals surface area contributed by atoms with Crippen LogP contribution < -0.4 is 5.73 Å². The summed E-state index contributed by atoms with van der Waals surface area (Å²) in [6.07, 6.45) is 5.03. The molecule has 3 nitrogen and oxygen atoms in total. The molecule has 2 N–H and O–H groups in total. The molecule has 1 aromatic rings. The smallest absolute Gasteiger partial charge is 0.0931 e. The zero-order chi connectivity index (χ0) is 14.8. The number of hydrogen-bond donors (Lipinski definition) is 1. The van der Waals surface area contributed by atoms with Gasteiger partial charge in [-0.15, -0.1) is 11.3 Å². The molecule has 1 aromatic heterocycles. The van der Waals surface area contributed by atoms with Crippen LogP contribution in [-0.2, 0) is 0 Å². The molecule has 0 radical (unpaired) electrons. The summed E-state index contributed by atoms with van der Waals surface area (Å²) in [5, 5.41) is 0. The Bertz CT molecular complexity index is 458. The summed E-state index contributed by atoms with van der Waals surface area (Å²) in [6.45, 7) is 7.07. The van der Waals surface area contributed by atoms with Crippen molar-refractivity contribution < 1.29 is 0 Å². The van der Waals surface area contributed by atoms with Gasteiger partial charge in [-0.05, 0) is 50.9 Å². The van der Waals surface area contributed by atoms with Crippen LogP contribution >= 0.6 is 22.9 Å². The molecule has 2 aliphatic heterocycles. The van der Waals surface area contributed by atoms with Crippen LogP contribution in [0, 0.1) is 0 Å². The van der Waals surface area contributed by atoms with Gasteiger partial charge in [-0.2, -0.15) is 0 Å². The molecule has 0 saturated carbocycles. The Morgan fingerprint density at radius 3 is 2.71 bits per heavy atom. The zero-order valence-electron chi connectivity index (χ0n) is 12.8. The summed E-state index contributed by atoms with van der Waals surface area (Å²) in [6, 6.07) is 5.42. The number of halogens is 1. The van der Waals surface area contributed by atoms with Crippen molar-refractivity contribution in [2.75, 3.05) is 26.2 Å². The standard InChI is InChI=1S/C16H26ClN3S/c1-2-13(18)16(14-5-6-15(17)21-14)20-10-7-12(11-20)19-8-3-4-9-19/h5-6,12-13,16H,2-4,7-11,18H2,1H3. The number of hydrogen-bond acceptors (Lipinski definition) is 4. The third kappa shape index (κ3) is 3.45. The van der Waals surface area contributed by atoms with Gasteiger partial charge in [0.25, 0.3) is 0 Å². The SMILES string of the molecule is CCC(N)C(c1ccc(Cl)s1)N1CCC(N2CCCC2)C1. The lowest BCUT2D eigenvalue weighted by molar-refractivity contribution is 0.182. The molecule has 3 atom stereocenters. The Morgan fingerprint density at radius 1 is 1.33 bits per heavy atom. The Balaban J connectivity index is 1.72. The van der Waals surface area contributed by atoms with Gasteiger partial charge in [0.2, 0.25) is 0 Å². The first kappa shape index (κ1) is 15.8. The van der Waals surface area contributed by atoms with E-state index in [-0.39, 0.29) is 6.04 Å². The fourth-order valence-electron chi connectivity index (χ4n) is 3.80. The number of nitrogens with two attached hydrogens (primary N) is 1. The maximum Gasteiger partial charge on any atom is 0.0931 e. The summed E-state index contributed by atoms with van der Waals surface area (Å²) < 4.78 is 0.869. The lowest BCUT2D eigenvalue weighted by atomic mass is 10.0. The molecular formula is C16H26ClN3S. The molecule has 2 aliphatic rings. The lowest BCUT2D eigenvalue weighted by Gasteiger charge is -2.32. The fourth-order valence-corrected chi connectivity index (χ4v) is 5.07. The lowest BCUT2D eigenvalue weighted by Crippen LogP contribution is -2.41. The van der Waals surface area contributed by atoms with Crippen molar-refractivity contribution in [2.24, 2.45) is 5.73 Å². The highest BCUT2D eigenvalue weighted by Gasteiger charge is 2.35. The first-order chi connectivity index (χ1) is 10.2. The first-order valence-corrected chi connectivity index (χ1v) is 9.37. The highest BCUT2D eigenvalue weighted by Crippen LogP contribution is 2.36. The molecule has 0 spiro atoms. The van der Waals surface area contributed by atoms with Gasteiger partial charge in [-0.25, -0.2) is 0 Å². The van der Waals surface area contributed by atoms with Crippen molar-refractivity contribution in [2.45, 2.75) is 50.7 Å². The molecule has 3 unspecified atom stereocenters. The van der Waals surface area contributed by atoms with E-state index in [4.69, 9.17) is 17.3 Å². The van der Waals surface area contributed by atoms with Crippen LogP contribution in [0.25, 0.3) is 0 Å². The molecule has 0 amide bonds. The van der Waals surface area contributed by atoms with Gasteiger partial charge < -0.3 is 5.73 Å². The largest absolute Gasteiger partial charge is 0.326 e. The van der Waals surface area contributed by atoms with Gasteiger partial charge in [0, 0.05) is 30.1 Å². The van der Waals surface area contributed by atoms with Crippen LogP contribution in [0.3, 0.4) is 0 Å². The summed E-state index contributed by atoms with van der Waals surface area (Å²) in [5.74, 6) is 0. The van der Waals surface area contributed by atoms with Crippen LogP contribution in [0.4, 0.5) is 0 Å². The van der Waals surface area contributed by atoms with Gasteiger partial charge in [0.1, 0.15) is 0 Å². The van der Waals surface area contributed by atoms with Crippen molar-refractivity contribution in [3.8, 4) is 0 Å². The highest BCUT2D eigenvalue weighted by atomic mass is 35.5. The third-order valence-electron chi connectivity index (χ3n) is 5.01. The average Bonchev–Trinajstić information content (AvgIpc) is 3.19. The number of nitrogens with zero attached hydrogens (tertiary/aromatic N) is 2. The summed E-state index contributed by atoms with van der Waals surface area (Å²) in [5.41, 5.74) is 6.45. The van der Waals surface area contributed by atoms with Crippen LogP contribution in [-0.4, -0.2) is 48.1 Å². The zero-order valence-corrected chi connectivity index (χ0v) is 14.4. The molecule has 3 rings (SSSR count). The second kappa shape index (κ2) is 6.97. The first-order valence-electron chi connectivity index (χ1n) is 8.18. The van der Waals surface area contributed by atoms with E-state index < -0.39 is 0 Å². The molecule has 21 heavy (non-hydrogen) atoms. The third-order valence-corrected chi connectivity index (χ3v) is 6.31. The Kier molecular flexibility index (Phi) is 5.23. The minimum Gasteiger partial charge on any atom is -0.326 e. The van der Waals surface area contributed by atoms with Crippen LogP contribution in [0.2, 0.25) is 4.34 Å². The van der Waals surface area contributed by atoms with Crippen molar-refractivity contribution in [1.82, 2.24) is 9.80 Å². The van der Waals surface area contributed by atoms with Crippen LogP contribution in [0.15, 0.2) is 12.1 Å². The number of rotatable bonds is 5. The fraction of sp³-hybridized carbons (Fsp3) is 0.750. The molecule has 5 heteroatoms. The van der Waals surface area contributed by atoms with Gasteiger partial charge in [-0.1, -0.05) is 18.5 Å². The maximum absolute atomic E-state index is 6.45. The van der Waals surface area contributed by atoms with E-state index in [1.165, 1.54) is 37.2 Å². The number of likely N-dealkylation sites (tertiary alicyclic amines) is 2.